The minimum Gasteiger partial charge on any atom is -0.395 e. The summed E-state index contributed by atoms with van der Waals surface area (Å²) in [6.07, 6.45) is 0.886. The minimum atomic E-state index is 0.00705. The van der Waals surface area contributed by atoms with Crippen LogP contribution in [0.1, 0.15) is 18.9 Å². The zero-order valence-electron chi connectivity index (χ0n) is 11.4. The van der Waals surface area contributed by atoms with E-state index in [1.54, 1.807) is 4.90 Å². The maximum atomic E-state index is 12.5. The van der Waals surface area contributed by atoms with E-state index in [1.165, 1.54) is 0 Å². The molecule has 0 spiro atoms. The van der Waals surface area contributed by atoms with Gasteiger partial charge in [0.2, 0.25) is 5.91 Å². The molecule has 0 aromatic heterocycles. The van der Waals surface area contributed by atoms with Gasteiger partial charge >= 0.3 is 0 Å². The first-order valence-electron chi connectivity index (χ1n) is 6.89. The van der Waals surface area contributed by atoms with Crippen molar-refractivity contribution in [1.82, 2.24) is 10.2 Å². The van der Waals surface area contributed by atoms with E-state index in [9.17, 15) is 4.79 Å². The number of nitrogens with zero attached hydrogens (tertiary/aromatic N) is 1. The van der Waals surface area contributed by atoms with Gasteiger partial charge in [0.05, 0.1) is 12.5 Å². The van der Waals surface area contributed by atoms with Gasteiger partial charge in [0.1, 0.15) is 0 Å². The molecule has 2 rings (SSSR count). The molecule has 0 radical (unpaired) electrons. The summed E-state index contributed by atoms with van der Waals surface area (Å²) in [5.74, 6) is 0.186. The summed E-state index contributed by atoms with van der Waals surface area (Å²) in [5.41, 5.74) is 1.10. The number of amides is 1. The molecule has 1 saturated heterocycles. The Bertz CT molecular complexity index is 408. The lowest BCUT2D eigenvalue weighted by Crippen LogP contribution is -2.41. The van der Waals surface area contributed by atoms with Crippen LogP contribution in [0.3, 0.4) is 0 Å². The summed E-state index contributed by atoms with van der Waals surface area (Å²) in [5, 5.41) is 12.5. The van der Waals surface area contributed by atoms with Crippen LogP contribution in [0.5, 0.6) is 0 Å². The van der Waals surface area contributed by atoms with E-state index >= 15 is 0 Å². The molecule has 0 bridgehead atoms. The molecule has 0 saturated carbocycles. The first-order valence-corrected chi connectivity index (χ1v) is 6.89. The van der Waals surface area contributed by atoms with Crippen LogP contribution in [-0.4, -0.2) is 41.7 Å². The smallest absolute Gasteiger partial charge is 0.227 e. The van der Waals surface area contributed by atoms with Gasteiger partial charge in [-0.3, -0.25) is 4.79 Å². The van der Waals surface area contributed by atoms with Crippen LogP contribution in [0.15, 0.2) is 30.3 Å². The van der Waals surface area contributed by atoms with Crippen LogP contribution in [0.4, 0.5) is 0 Å². The Morgan fingerprint density at radius 3 is 2.74 bits per heavy atom. The number of hydrogen-bond acceptors (Lipinski definition) is 3. The lowest BCUT2D eigenvalue weighted by atomic mass is 10.00. The number of aliphatic hydroxyl groups is 1. The van der Waals surface area contributed by atoms with E-state index in [0.717, 1.165) is 18.5 Å². The highest BCUT2D eigenvalue weighted by Gasteiger charge is 2.32. The molecule has 1 aliphatic rings. The fourth-order valence-electron chi connectivity index (χ4n) is 2.62. The molecule has 1 aromatic carbocycles. The maximum Gasteiger partial charge on any atom is 0.227 e. The van der Waals surface area contributed by atoms with Crippen LogP contribution in [0.2, 0.25) is 0 Å². The lowest BCUT2D eigenvalue weighted by molar-refractivity contribution is -0.136. The van der Waals surface area contributed by atoms with E-state index < -0.39 is 0 Å². The quantitative estimate of drug-likeness (QED) is 0.832. The molecule has 1 aliphatic heterocycles. The van der Waals surface area contributed by atoms with E-state index in [4.69, 9.17) is 5.11 Å². The number of hydrogen-bond donors (Lipinski definition) is 2. The Morgan fingerprint density at radius 1 is 1.42 bits per heavy atom. The average molecular weight is 262 g/mol. The fraction of sp³-hybridized carbons (Fsp3) is 0.533. The topological polar surface area (TPSA) is 52.6 Å². The number of aliphatic hydroxyl groups excluding tert-OH is 1. The molecule has 1 aromatic rings. The van der Waals surface area contributed by atoms with E-state index in [0.29, 0.717) is 13.1 Å². The van der Waals surface area contributed by atoms with Gasteiger partial charge in [-0.2, -0.15) is 0 Å². The summed E-state index contributed by atoms with van der Waals surface area (Å²) in [4.78, 5) is 14.3. The molecule has 1 fully saturated rings. The zero-order chi connectivity index (χ0) is 13.7. The van der Waals surface area contributed by atoms with Gasteiger partial charge < -0.3 is 15.3 Å². The molecule has 2 unspecified atom stereocenters. The molecule has 104 valence electrons. The van der Waals surface area contributed by atoms with Gasteiger partial charge in [0.15, 0.2) is 0 Å². The molecular weight excluding hydrogens is 240 g/mol. The van der Waals surface area contributed by atoms with Crippen molar-refractivity contribution in [3.63, 3.8) is 0 Å². The van der Waals surface area contributed by atoms with Crippen molar-refractivity contribution in [2.75, 3.05) is 19.7 Å². The maximum absolute atomic E-state index is 12.5. The molecule has 0 aliphatic carbocycles. The SMILES string of the molecule is CC1NCCC1C(=O)N(CCO)Cc1ccccc1. The Hall–Kier alpha value is -1.39. The van der Waals surface area contributed by atoms with E-state index in [-0.39, 0.29) is 24.5 Å². The van der Waals surface area contributed by atoms with Crippen molar-refractivity contribution in [2.45, 2.75) is 25.9 Å². The third kappa shape index (κ3) is 3.55. The van der Waals surface area contributed by atoms with E-state index in [1.807, 2.05) is 30.3 Å². The van der Waals surface area contributed by atoms with Crippen molar-refractivity contribution in [3.05, 3.63) is 35.9 Å². The second kappa shape index (κ2) is 6.68. The fourth-order valence-corrected chi connectivity index (χ4v) is 2.62. The Labute approximate surface area is 114 Å². The Balaban J connectivity index is 2.04. The summed E-state index contributed by atoms with van der Waals surface area (Å²) >= 11 is 0. The monoisotopic (exact) mass is 262 g/mol. The zero-order valence-corrected chi connectivity index (χ0v) is 11.4. The van der Waals surface area contributed by atoms with Gasteiger partial charge in [-0.25, -0.2) is 0 Å². The van der Waals surface area contributed by atoms with Gasteiger partial charge in [0.25, 0.3) is 0 Å². The number of nitrogens with one attached hydrogen (secondary N) is 1. The first-order chi connectivity index (χ1) is 9.22. The third-order valence-electron chi connectivity index (χ3n) is 3.74. The number of carbonyl (C=O) groups is 1. The average Bonchev–Trinajstić information content (AvgIpc) is 2.85. The second-order valence-electron chi connectivity index (χ2n) is 5.11. The van der Waals surface area contributed by atoms with Crippen LogP contribution < -0.4 is 5.32 Å². The van der Waals surface area contributed by atoms with Crippen molar-refractivity contribution in [3.8, 4) is 0 Å². The molecule has 2 N–H and O–H groups in total. The van der Waals surface area contributed by atoms with Gasteiger partial charge in [-0.1, -0.05) is 30.3 Å². The Kier molecular flexibility index (Phi) is 4.93. The molecule has 1 amide bonds. The van der Waals surface area contributed by atoms with Crippen LogP contribution >= 0.6 is 0 Å². The number of rotatable bonds is 5. The molecule has 4 heteroatoms. The third-order valence-corrected chi connectivity index (χ3v) is 3.74. The predicted molar refractivity (Wildman–Crippen MR) is 74.5 cm³/mol. The second-order valence-corrected chi connectivity index (χ2v) is 5.11. The summed E-state index contributed by atoms with van der Waals surface area (Å²) in [7, 11) is 0. The first kappa shape index (κ1) is 14.0. The van der Waals surface area contributed by atoms with Gasteiger partial charge in [-0.05, 0) is 25.5 Å². The van der Waals surface area contributed by atoms with Crippen molar-refractivity contribution in [2.24, 2.45) is 5.92 Å². The normalized spacial score (nSPS) is 22.4. The summed E-state index contributed by atoms with van der Waals surface area (Å²) in [6.45, 7) is 3.93. The summed E-state index contributed by atoms with van der Waals surface area (Å²) < 4.78 is 0. The number of carbonyl (C=O) groups excluding carboxylic acids is 1. The minimum absolute atomic E-state index is 0.00705. The molecule has 1 heterocycles. The standard InChI is InChI=1S/C15H22N2O2/c1-12-14(7-8-16-12)15(19)17(9-10-18)11-13-5-3-2-4-6-13/h2-6,12,14,16,18H,7-11H2,1H3. The Morgan fingerprint density at radius 2 is 2.16 bits per heavy atom. The highest BCUT2D eigenvalue weighted by Crippen LogP contribution is 2.19. The van der Waals surface area contributed by atoms with Crippen LogP contribution in [-0.2, 0) is 11.3 Å². The van der Waals surface area contributed by atoms with Crippen molar-refractivity contribution in [1.29, 1.82) is 0 Å². The molecular formula is C15H22N2O2. The van der Waals surface area contributed by atoms with Crippen LogP contribution in [0, 0.1) is 5.92 Å². The number of benzene rings is 1. The largest absolute Gasteiger partial charge is 0.395 e. The molecule has 19 heavy (non-hydrogen) atoms. The van der Waals surface area contributed by atoms with Crippen LogP contribution in [0.25, 0.3) is 0 Å². The van der Waals surface area contributed by atoms with E-state index in [2.05, 4.69) is 12.2 Å². The highest BCUT2D eigenvalue weighted by atomic mass is 16.3. The van der Waals surface area contributed by atoms with Gasteiger partial charge in [-0.15, -0.1) is 0 Å². The van der Waals surface area contributed by atoms with Gasteiger partial charge in [0, 0.05) is 19.1 Å². The lowest BCUT2D eigenvalue weighted by Gasteiger charge is -2.26. The van der Waals surface area contributed by atoms with Crippen molar-refractivity contribution >= 4 is 5.91 Å². The predicted octanol–water partition coefficient (Wildman–Crippen LogP) is 1.01. The van der Waals surface area contributed by atoms with Crippen molar-refractivity contribution < 1.29 is 9.90 Å². The molecule has 4 nitrogen and oxygen atoms in total. The highest BCUT2D eigenvalue weighted by molar-refractivity contribution is 5.80. The summed E-state index contributed by atoms with van der Waals surface area (Å²) in [6, 6.07) is 10.1. The molecule has 2 atom stereocenters.